The van der Waals surface area contributed by atoms with E-state index in [-0.39, 0.29) is 6.04 Å². The first-order chi connectivity index (χ1) is 10.2. The first-order valence-corrected chi connectivity index (χ1v) is 7.91. The number of aryl methyl sites for hydroxylation is 1. The molecule has 0 radical (unpaired) electrons. The van der Waals surface area contributed by atoms with Crippen molar-refractivity contribution in [3.8, 4) is 5.75 Å². The summed E-state index contributed by atoms with van der Waals surface area (Å²) in [6, 6.07) is 8.32. The average Bonchev–Trinajstić information content (AvgIpc) is 2.91. The molecule has 2 rings (SSSR count). The number of benzene rings is 1. The summed E-state index contributed by atoms with van der Waals surface area (Å²) >= 11 is 1.69. The molecule has 4 nitrogen and oxygen atoms in total. The number of hydrogen-bond acceptors (Lipinski definition) is 5. The van der Waals surface area contributed by atoms with E-state index in [1.807, 2.05) is 32.2 Å². The molecule has 0 aliphatic rings. The molecule has 1 aromatic heterocycles. The second-order valence-corrected chi connectivity index (χ2v) is 5.84. The number of ether oxygens (including phenoxy) is 2. The minimum atomic E-state index is 0.185. The first-order valence-electron chi connectivity index (χ1n) is 7.03. The Morgan fingerprint density at radius 3 is 2.76 bits per heavy atom. The molecule has 21 heavy (non-hydrogen) atoms. The van der Waals surface area contributed by atoms with Gasteiger partial charge in [-0.3, -0.25) is 0 Å². The number of likely N-dealkylation sites (N-methyl/N-ethyl adjacent to an activating group) is 1. The van der Waals surface area contributed by atoms with Crippen molar-refractivity contribution in [3.05, 3.63) is 45.9 Å². The molecule has 0 bridgehead atoms. The topological polar surface area (TPSA) is 43.4 Å². The van der Waals surface area contributed by atoms with Crippen molar-refractivity contribution in [2.45, 2.75) is 19.4 Å². The number of aromatic nitrogens is 1. The molecule has 0 aliphatic heterocycles. The van der Waals surface area contributed by atoms with Gasteiger partial charge in [0.25, 0.3) is 0 Å². The highest BCUT2D eigenvalue weighted by Crippen LogP contribution is 2.27. The number of para-hydroxylation sites is 1. The van der Waals surface area contributed by atoms with Gasteiger partial charge in [0.1, 0.15) is 12.4 Å². The van der Waals surface area contributed by atoms with E-state index in [4.69, 9.17) is 9.47 Å². The monoisotopic (exact) mass is 306 g/mol. The van der Waals surface area contributed by atoms with Gasteiger partial charge in [-0.05, 0) is 20.0 Å². The number of nitrogens with zero attached hydrogens (tertiary/aromatic N) is 1. The third kappa shape index (κ3) is 4.52. The fraction of sp³-hybridized carbons (Fsp3) is 0.438. The Hall–Kier alpha value is -1.43. The Morgan fingerprint density at radius 2 is 2.10 bits per heavy atom. The van der Waals surface area contributed by atoms with Crippen LogP contribution in [0.5, 0.6) is 5.75 Å². The number of hydrogen-bond donors (Lipinski definition) is 1. The number of rotatable bonds is 8. The summed E-state index contributed by atoms with van der Waals surface area (Å²) in [5.74, 6) is 0.904. The van der Waals surface area contributed by atoms with Crippen molar-refractivity contribution in [2.24, 2.45) is 0 Å². The van der Waals surface area contributed by atoms with E-state index in [9.17, 15) is 0 Å². The third-order valence-corrected chi connectivity index (χ3v) is 4.09. The Balaban J connectivity index is 2.13. The van der Waals surface area contributed by atoms with Crippen LogP contribution < -0.4 is 10.1 Å². The second kappa shape index (κ2) is 8.12. The van der Waals surface area contributed by atoms with Crippen molar-refractivity contribution in [3.63, 3.8) is 0 Å². The average molecular weight is 306 g/mol. The lowest BCUT2D eigenvalue weighted by Crippen LogP contribution is -2.20. The summed E-state index contributed by atoms with van der Waals surface area (Å²) in [6.45, 7) is 3.17. The number of nitrogens with one attached hydrogen (secondary N) is 1. The normalized spacial score (nSPS) is 12.3. The molecule has 1 unspecified atom stereocenters. The van der Waals surface area contributed by atoms with Crippen LogP contribution in [-0.2, 0) is 11.2 Å². The zero-order valence-corrected chi connectivity index (χ0v) is 13.6. The summed E-state index contributed by atoms with van der Waals surface area (Å²) in [7, 11) is 3.64. The van der Waals surface area contributed by atoms with Crippen LogP contribution in [0.3, 0.4) is 0 Å². The van der Waals surface area contributed by atoms with Gasteiger partial charge < -0.3 is 14.8 Å². The molecule has 0 fully saturated rings. The van der Waals surface area contributed by atoms with Crippen molar-refractivity contribution >= 4 is 11.3 Å². The van der Waals surface area contributed by atoms with Gasteiger partial charge in [0.2, 0.25) is 0 Å². The highest BCUT2D eigenvalue weighted by Gasteiger charge is 2.16. The lowest BCUT2D eigenvalue weighted by molar-refractivity contribution is 0.145. The molecule has 0 aliphatic carbocycles. The Labute approximate surface area is 130 Å². The standard InChI is InChI=1S/C16H22N2O2S/c1-12-18-13(11-21-12)10-15(17-2)14-6-4-5-7-16(14)20-9-8-19-3/h4-7,11,15,17H,8-10H2,1-3H3. The van der Waals surface area contributed by atoms with Gasteiger partial charge in [0.05, 0.1) is 17.3 Å². The van der Waals surface area contributed by atoms with Crippen LogP contribution in [0.2, 0.25) is 0 Å². The van der Waals surface area contributed by atoms with Crippen LogP contribution >= 0.6 is 11.3 Å². The number of thiazole rings is 1. The molecule has 2 aromatic rings. The minimum Gasteiger partial charge on any atom is -0.491 e. The number of methoxy groups -OCH3 is 1. The van der Waals surface area contributed by atoms with Crippen LogP contribution in [0.25, 0.3) is 0 Å². The fourth-order valence-electron chi connectivity index (χ4n) is 2.21. The predicted octanol–water partition coefficient (Wildman–Crippen LogP) is 2.98. The van der Waals surface area contributed by atoms with Gasteiger partial charge in [-0.15, -0.1) is 11.3 Å². The highest BCUT2D eigenvalue weighted by molar-refractivity contribution is 7.09. The van der Waals surface area contributed by atoms with Crippen molar-refractivity contribution in [1.82, 2.24) is 10.3 Å². The Bertz CT molecular complexity index is 557. The summed E-state index contributed by atoms with van der Waals surface area (Å²) in [4.78, 5) is 4.55. The Morgan fingerprint density at radius 1 is 1.29 bits per heavy atom. The van der Waals surface area contributed by atoms with Crippen LogP contribution in [-0.4, -0.2) is 32.4 Å². The first kappa shape index (κ1) is 15.9. The van der Waals surface area contributed by atoms with E-state index < -0.39 is 0 Å². The van der Waals surface area contributed by atoms with E-state index in [2.05, 4.69) is 21.7 Å². The van der Waals surface area contributed by atoms with Crippen molar-refractivity contribution in [1.29, 1.82) is 0 Å². The third-order valence-electron chi connectivity index (χ3n) is 3.27. The van der Waals surface area contributed by atoms with Gasteiger partial charge in [-0.25, -0.2) is 4.98 Å². The van der Waals surface area contributed by atoms with E-state index in [1.165, 1.54) is 0 Å². The molecule has 114 valence electrons. The highest BCUT2D eigenvalue weighted by atomic mass is 32.1. The maximum absolute atomic E-state index is 5.82. The van der Waals surface area contributed by atoms with Gasteiger partial charge in [0.15, 0.2) is 0 Å². The quantitative estimate of drug-likeness (QED) is 0.762. The van der Waals surface area contributed by atoms with E-state index >= 15 is 0 Å². The van der Waals surface area contributed by atoms with Crippen LogP contribution in [0.1, 0.15) is 22.3 Å². The molecule has 1 aromatic carbocycles. The van der Waals surface area contributed by atoms with E-state index in [1.54, 1.807) is 18.4 Å². The molecule has 0 saturated heterocycles. The summed E-state index contributed by atoms with van der Waals surface area (Å²) < 4.78 is 10.9. The maximum atomic E-state index is 5.82. The Kier molecular flexibility index (Phi) is 6.17. The van der Waals surface area contributed by atoms with Gasteiger partial charge in [0, 0.05) is 30.5 Å². The zero-order chi connectivity index (χ0) is 15.1. The predicted molar refractivity (Wildman–Crippen MR) is 86.2 cm³/mol. The fourth-order valence-corrected chi connectivity index (χ4v) is 2.84. The van der Waals surface area contributed by atoms with Gasteiger partial charge >= 0.3 is 0 Å². The molecular weight excluding hydrogens is 284 g/mol. The summed E-state index contributed by atoms with van der Waals surface area (Å²) in [5.41, 5.74) is 2.27. The van der Waals surface area contributed by atoms with Crippen molar-refractivity contribution < 1.29 is 9.47 Å². The molecular formula is C16H22N2O2S. The smallest absolute Gasteiger partial charge is 0.124 e. The molecule has 0 saturated carbocycles. The zero-order valence-electron chi connectivity index (χ0n) is 12.8. The van der Waals surface area contributed by atoms with Crippen LogP contribution in [0, 0.1) is 6.92 Å². The molecule has 5 heteroatoms. The van der Waals surface area contributed by atoms with Crippen LogP contribution in [0.4, 0.5) is 0 Å². The lowest BCUT2D eigenvalue weighted by atomic mass is 10.0. The van der Waals surface area contributed by atoms with Gasteiger partial charge in [-0.2, -0.15) is 0 Å². The van der Waals surface area contributed by atoms with E-state index in [0.29, 0.717) is 13.2 Å². The molecule has 1 N–H and O–H groups in total. The molecule has 0 amide bonds. The van der Waals surface area contributed by atoms with E-state index in [0.717, 1.165) is 28.4 Å². The van der Waals surface area contributed by atoms with Crippen LogP contribution in [0.15, 0.2) is 29.6 Å². The van der Waals surface area contributed by atoms with Crippen molar-refractivity contribution in [2.75, 3.05) is 27.4 Å². The molecule has 1 atom stereocenters. The largest absolute Gasteiger partial charge is 0.491 e. The SMILES string of the molecule is CNC(Cc1csc(C)n1)c1ccccc1OCCOC. The lowest BCUT2D eigenvalue weighted by Gasteiger charge is -2.19. The second-order valence-electron chi connectivity index (χ2n) is 4.78. The maximum Gasteiger partial charge on any atom is 0.124 e. The summed E-state index contributed by atoms with van der Waals surface area (Å²) in [5, 5.41) is 6.58. The molecule has 1 heterocycles. The minimum absolute atomic E-state index is 0.185. The van der Waals surface area contributed by atoms with Gasteiger partial charge in [-0.1, -0.05) is 18.2 Å². The summed E-state index contributed by atoms with van der Waals surface area (Å²) in [6.07, 6.45) is 0.853. The molecule has 0 spiro atoms.